The third-order valence-corrected chi connectivity index (χ3v) is 4.40. The fourth-order valence-corrected chi connectivity index (χ4v) is 3.62. The molecule has 2 aliphatic rings. The van der Waals surface area contributed by atoms with Crippen molar-refractivity contribution >= 4 is 5.97 Å². The van der Waals surface area contributed by atoms with Crippen LogP contribution in [0, 0.1) is 0 Å². The Morgan fingerprint density at radius 2 is 2.32 bits per heavy atom. The Kier molecular flexibility index (Phi) is 3.53. The molecule has 5 heteroatoms. The first-order valence-electron chi connectivity index (χ1n) is 7.49. The Morgan fingerprint density at radius 1 is 1.55 bits per heavy atom. The third kappa shape index (κ3) is 2.41. The largest absolute Gasteiger partial charge is 0.463 e. The molecule has 0 saturated carbocycles. The Morgan fingerprint density at radius 3 is 3.05 bits per heavy atom. The molecule has 22 heavy (non-hydrogen) atoms. The van der Waals surface area contributed by atoms with E-state index in [2.05, 4.69) is 11.1 Å². The number of aromatic nitrogens is 1. The summed E-state index contributed by atoms with van der Waals surface area (Å²) >= 11 is 0. The molecule has 0 aromatic carbocycles. The van der Waals surface area contributed by atoms with Gasteiger partial charge in [0, 0.05) is 29.8 Å². The second-order valence-electron chi connectivity index (χ2n) is 6.13. The Labute approximate surface area is 128 Å². The normalized spacial score (nSPS) is 28.0. The number of allylic oxidation sites excluding steroid dienone is 1. The van der Waals surface area contributed by atoms with Gasteiger partial charge in [0.05, 0.1) is 6.61 Å². The average Bonchev–Trinajstić information content (AvgIpc) is 2.40. The lowest BCUT2D eigenvalue weighted by Crippen LogP contribution is -2.51. The number of nitrogens with two attached hydrogens (primary N) is 1. The van der Waals surface area contributed by atoms with Crippen LogP contribution in [-0.2, 0) is 16.0 Å². The van der Waals surface area contributed by atoms with Crippen LogP contribution in [0.2, 0.25) is 0 Å². The molecule has 0 fully saturated rings. The number of pyridine rings is 1. The van der Waals surface area contributed by atoms with Gasteiger partial charge in [0.15, 0.2) is 0 Å². The average molecular weight is 300 g/mol. The minimum atomic E-state index is -0.628. The van der Waals surface area contributed by atoms with E-state index in [1.54, 1.807) is 19.2 Å². The molecule has 0 saturated heterocycles. The molecule has 1 aromatic heterocycles. The highest BCUT2D eigenvalue weighted by Crippen LogP contribution is 2.47. The molecular weight excluding hydrogens is 280 g/mol. The highest BCUT2D eigenvalue weighted by atomic mass is 16.5. The van der Waals surface area contributed by atoms with Gasteiger partial charge >= 0.3 is 5.97 Å². The maximum atomic E-state index is 11.9. The van der Waals surface area contributed by atoms with Crippen molar-refractivity contribution < 1.29 is 9.53 Å². The van der Waals surface area contributed by atoms with E-state index < -0.39 is 5.54 Å². The number of ether oxygens (including phenoxy) is 1. The maximum Gasteiger partial charge on any atom is 0.330 e. The van der Waals surface area contributed by atoms with E-state index in [0.717, 1.165) is 16.7 Å². The molecule has 2 atom stereocenters. The van der Waals surface area contributed by atoms with Crippen LogP contribution < -0.4 is 11.3 Å². The number of nitrogens with one attached hydrogen (secondary N) is 1. The fourth-order valence-electron chi connectivity index (χ4n) is 3.62. The molecule has 116 valence electrons. The lowest BCUT2D eigenvalue weighted by Gasteiger charge is -2.44. The van der Waals surface area contributed by atoms with Gasteiger partial charge in [-0.25, -0.2) is 4.79 Å². The predicted molar refractivity (Wildman–Crippen MR) is 83.5 cm³/mol. The second kappa shape index (κ2) is 5.25. The van der Waals surface area contributed by atoms with Gasteiger partial charge in [0.2, 0.25) is 5.56 Å². The summed E-state index contributed by atoms with van der Waals surface area (Å²) in [5, 5.41) is 0. The number of H-pyrrole nitrogens is 1. The van der Waals surface area contributed by atoms with Gasteiger partial charge in [0.1, 0.15) is 0 Å². The fraction of sp³-hybridized carbons (Fsp3) is 0.412. The summed E-state index contributed by atoms with van der Waals surface area (Å²) in [6, 6.07) is 1.61. The van der Waals surface area contributed by atoms with Crippen LogP contribution in [0.1, 0.15) is 37.3 Å². The number of fused-ring (bicyclic) bond motifs is 4. The number of carbonyl (C=O) groups excluding carboxylic acids is 1. The molecule has 3 N–H and O–H groups in total. The zero-order valence-corrected chi connectivity index (χ0v) is 12.8. The maximum absolute atomic E-state index is 11.9. The molecule has 1 heterocycles. The monoisotopic (exact) mass is 300 g/mol. The molecule has 2 unspecified atom stereocenters. The standard InChI is InChI=1S/C17H20N2O3/c1-3-22-16(21)6-14-12-4-10(2)7-17(14,18)8-11-5-15(20)19-9-13(11)12/h4-6,9,12H,3,7-8,18H2,1-2H3,(H,19,20). The summed E-state index contributed by atoms with van der Waals surface area (Å²) < 4.78 is 5.04. The zero-order chi connectivity index (χ0) is 15.9. The number of carbonyl (C=O) groups is 1. The molecule has 1 aromatic rings. The minimum absolute atomic E-state index is 0.0799. The van der Waals surface area contributed by atoms with Gasteiger partial charge in [0.25, 0.3) is 0 Å². The van der Waals surface area contributed by atoms with Crippen molar-refractivity contribution in [3.8, 4) is 0 Å². The zero-order valence-electron chi connectivity index (χ0n) is 12.8. The molecule has 2 bridgehead atoms. The predicted octanol–water partition coefficient (Wildman–Crippen LogP) is 1.55. The van der Waals surface area contributed by atoms with Crippen molar-refractivity contribution in [2.75, 3.05) is 6.61 Å². The smallest absolute Gasteiger partial charge is 0.330 e. The van der Waals surface area contributed by atoms with Gasteiger partial charge in [-0.05, 0) is 43.4 Å². The summed E-state index contributed by atoms with van der Waals surface area (Å²) in [5.74, 6) is -0.443. The Hall–Kier alpha value is -2.14. The molecule has 3 rings (SSSR count). The van der Waals surface area contributed by atoms with Crippen LogP contribution in [0.5, 0.6) is 0 Å². The highest BCUT2D eigenvalue weighted by Gasteiger charge is 2.43. The van der Waals surface area contributed by atoms with E-state index in [0.29, 0.717) is 19.4 Å². The van der Waals surface area contributed by atoms with E-state index in [1.807, 2.05) is 6.92 Å². The second-order valence-corrected chi connectivity index (χ2v) is 6.13. The summed E-state index contributed by atoms with van der Waals surface area (Å²) in [6.07, 6.45) is 6.62. The summed E-state index contributed by atoms with van der Waals surface area (Å²) in [6.45, 7) is 4.16. The van der Waals surface area contributed by atoms with Crippen LogP contribution >= 0.6 is 0 Å². The van der Waals surface area contributed by atoms with Crippen LogP contribution in [0.4, 0.5) is 0 Å². The van der Waals surface area contributed by atoms with Gasteiger partial charge in [-0.2, -0.15) is 0 Å². The van der Waals surface area contributed by atoms with Gasteiger partial charge in [-0.3, -0.25) is 4.79 Å². The van der Waals surface area contributed by atoms with Gasteiger partial charge in [-0.1, -0.05) is 11.6 Å². The summed E-state index contributed by atoms with van der Waals surface area (Å²) in [7, 11) is 0. The highest BCUT2D eigenvalue weighted by molar-refractivity contribution is 5.84. The van der Waals surface area contributed by atoms with Crippen molar-refractivity contribution in [2.45, 2.75) is 38.1 Å². The van der Waals surface area contributed by atoms with Crippen molar-refractivity contribution in [3.05, 3.63) is 57.0 Å². The lowest BCUT2D eigenvalue weighted by atomic mass is 9.63. The van der Waals surface area contributed by atoms with Gasteiger partial charge in [-0.15, -0.1) is 0 Å². The molecule has 2 aliphatic carbocycles. The molecule has 0 radical (unpaired) electrons. The van der Waals surface area contributed by atoms with E-state index in [1.165, 1.54) is 11.6 Å². The van der Waals surface area contributed by atoms with Crippen LogP contribution in [0.3, 0.4) is 0 Å². The van der Waals surface area contributed by atoms with E-state index in [4.69, 9.17) is 10.5 Å². The van der Waals surface area contributed by atoms with Crippen LogP contribution in [0.25, 0.3) is 0 Å². The first-order chi connectivity index (χ1) is 10.4. The number of hydrogen-bond acceptors (Lipinski definition) is 4. The quantitative estimate of drug-likeness (QED) is 0.493. The summed E-state index contributed by atoms with van der Waals surface area (Å²) in [5.41, 5.74) is 9.90. The lowest BCUT2D eigenvalue weighted by molar-refractivity contribution is -0.137. The van der Waals surface area contributed by atoms with Crippen molar-refractivity contribution in [2.24, 2.45) is 5.73 Å². The van der Waals surface area contributed by atoms with E-state index >= 15 is 0 Å². The number of esters is 1. The molecule has 5 nitrogen and oxygen atoms in total. The van der Waals surface area contributed by atoms with Crippen LogP contribution in [0.15, 0.2) is 40.4 Å². The van der Waals surface area contributed by atoms with Crippen molar-refractivity contribution in [3.63, 3.8) is 0 Å². The third-order valence-electron chi connectivity index (χ3n) is 4.40. The topological polar surface area (TPSA) is 85.2 Å². The van der Waals surface area contributed by atoms with E-state index in [9.17, 15) is 9.59 Å². The van der Waals surface area contributed by atoms with Crippen LogP contribution in [-0.4, -0.2) is 23.1 Å². The minimum Gasteiger partial charge on any atom is -0.463 e. The number of rotatable bonds is 2. The molecule has 0 spiro atoms. The number of aromatic amines is 1. The van der Waals surface area contributed by atoms with Gasteiger partial charge < -0.3 is 15.5 Å². The SMILES string of the molecule is CCOC(=O)C=C1C2C=C(C)CC1(N)Cc1cc(=O)[nH]cc12. The Bertz CT molecular complexity index is 745. The first-order valence-corrected chi connectivity index (χ1v) is 7.49. The van der Waals surface area contributed by atoms with E-state index in [-0.39, 0.29) is 17.4 Å². The summed E-state index contributed by atoms with van der Waals surface area (Å²) in [4.78, 5) is 26.2. The van der Waals surface area contributed by atoms with Crippen molar-refractivity contribution in [1.82, 2.24) is 4.98 Å². The molecular formula is C17H20N2O3. The molecule has 0 aliphatic heterocycles. The number of hydrogen-bond donors (Lipinski definition) is 2. The molecule has 0 amide bonds. The first kappa shape index (κ1) is 14.8. The Balaban J connectivity index is 2.15. The van der Waals surface area contributed by atoms with Crippen molar-refractivity contribution in [1.29, 1.82) is 0 Å².